The number of para-hydroxylation sites is 10. The van der Waals surface area contributed by atoms with Gasteiger partial charge in [-0.1, -0.05) is 443 Å². The summed E-state index contributed by atoms with van der Waals surface area (Å²) in [6.07, 6.45) is 0. The van der Waals surface area contributed by atoms with Gasteiger partial charge in [0.1, 0.15) is 0 Å². The molecular weight excluding hydrogens is 1810 g/mol. The van der Waals surface area contributed by atoms with E-state index in [0.717, 1.165) is 34.1 Å². The van der Waals surface area contributed by atoms with E-state index in [4.69, 9.17) is 0 Å². The molecule has 6 aromatic heterocycles. The Balaban J connectivity index is 0.000000108. The maximum absolute atomic E-state index is 2.50. The number of benzene rings is 24. The molecule has 0 atom stereocenters. The monoisotopic (exact) mass is 1910 g/mol. The van der Waals surface area contributed by atoms with E-state index in [1.54, 1.807) is 0 Å². The van der Waals surface area contributed by atoms with Gasteiger partial charge >= 0.3 is 0 Å². The van der Waals surface area contributed by atoms with Gasteiger partial charge < -0.3 is 27.4 Å². The Morgan fingerprint density at radius 2 is 0.367 bits per heavy atom. The highest BCUT2D eigenvalue weighted by molar-refractivity contribution is 6.20. The standard InChI is InChI=1S/3C48H32N2/c1-3-16-33(17-4-1)37-25-15-31-46(47(37)34-18-5-2-6-19-34)50-45-30-12-9-24-41(45)42-27-14-26-38(48(42)50)35-20-13-21-36(32-35)49-43-28-10-7-22-39(43)40-23-8-11-29-44(40)49;1-3-14-33(15-4-1)36-30-37(34-16-5-2-6-17-34)32-39(31-36)50-46-24-12-9-20-43(46)48-40(21-13-25-47(48)50)35-26-28-38(29-27-35)49-44-22-10-7-18-41(44)42-19-8-11-23-45(42)49;1-3-14-33(15-4-1)38-31-30-37(32-43(38)34-16-5-2-6-17-34)50-46-24-12-9-20-42(46)48-39(21-13-25-47(48)50)35-26-28-36(29-27-35)49-44-22-10-7-18-40(44)41-19-8-11-23-45(41)49/h3*1-32H. The van der Waals surface area contributed by atoms with Gasteiger partial charge in [0.05, 0.1) is 71.9 Å². The number of fused-ring (bicyclic) bond motifs is 18. The summed E-state index contributed by atoms with van der Waals surface area (Å²) in [5, 5.41) is 15.1. The van der Waals surface area contributed by atoms with Gasteiger partial charge in [-0.05, 0) is 229 Å². The van der Waals surface area contributed by atoms with Gasteiger partial charge in [-0.15, -0.1) is 0 Å². The van der Waals surface area contributed by atoms with E-state index in [9.17, 15) is 0 Å². The maximum Gasteiger partial charge on any atom is 0.0619 e. The van der Waals surface area contributed by atoms with Gasteiger partial charge in [-0.2, -0.15) is 0 Å². The molecule has 702 valence electrons. The van der Waals surface area contributed by atoms with Crippen LogP contribution in [0.2, 0.25) is 0 Å². The van der Waals surface area contributed by atoms with Crippen LogP contribution in [0.25, 0.3) is 265 Å². The number of rotatable bonds is 15. The molecule has 0 aliphatic rings. The summed E-state index contributed by atoms with van der Waals surface area (Å²) in [6, 6.07) is 211. The van der Waals surface area contributed by atoms with Crippen LogP contribution >= 0.6 is 0 Å². The molecule has 6 heteroatoms. The van der Waals surface area contributed by atoms with Crippen molar-refractivity contribution in [2.24, 2.45) is 0 Å². The number of hydrogen-bond acceptors (Lipinski definition) is 0. The van der Waals surface area contributed by atoms with Gasteiger partial charge in [-0.25, -0.2) is 0 Å². The van der Waals surface area contributed by atoms with Crippen molar-refractivity contribution >= 4 is 131 Å². The Morgan fingerprint density at radius 1 is 0.107 bits per heavy atom. The Labute approximate surface area is 868 Å². The zero-order valence-electron chi connectivity index (χ0n) is 82.1. The molecule has 0 bridgehead atoms. The van der Waals surface area contributed by atoms with Crippen LogP contribution in [-0.4, -0.2) is 27.4 Å². The maximum atomic E-state index is 2.50. The second kappa shape index (κ2) is 37.4. The Morgan fingerprint density at radius 3 is 0.793 bits per heavy atom. The highest BCUT2D eigenvalue weighted by atomic mass is 15.0. The molecule has 0 radical (unpaired) electrons. The van der Waals surface area contributed by atoms with Gasteiger partial charge in [0.2, 0.25) is 0 Å². The molecule has 0 aliphatic carbocycles. The molecule has 0 amide bonds. The average molecular weight is 1910 g/mol. The molecule has 6 heterocycles. The van der Waals surface area contributed by atoms with Crippen molar-refractivity contribution in [1.82, 2.24) is 27.4 Å². The van der Waals surface area contributed by atoms with Crippen molar-refractivity contribution in [3.05, 3.63) is 582 Å². The lowest BCUT2D eigenvalue weighted by molar-refractivity contribution is 1.17. The SMILES string of the molecule is c1ccc(-c2cc(-c3ccccc3)cc(-n3c4ccccc4c4c(-c5ccc(-n6c7ccccc7c7ccccc76)cc5)cccc43)c2)cc1.c1ccc(-c2ccc(-n3c4ccccc4c4c(-c5ccc(-n6c7ccccc7c7ccccc76)cc5)cccc43)cc2-c2ccccc2)cc1.c1ccc(-c2cccc(-n3c4ccccc4c4cccc(-c5cccc(-n6c7ccccc7c7ccccc76)c5)c43)c2-c2ccccc2)cc1. The number of aromatic nitrogens is 6. The van der Waals surface area contributed by atoms with E-state index in [0.29, 0.717) is 0 Å². The smallest absolute Gasteiger partial charge is 0.0619 e. The van der Waals surface area contributed by atoms with Crippen LogP contribution in [0.5, 0.6) is 0 Å². The van der Waals surface area contributed by atoms with Crippen LogP contribution in [0.15, 0.2) is 582 Å². The first-order valence-corrected chi connectivity index (χ1v) is 51.6. The molecule has 0 N–H and O–H groups in total. The zero-order chi connectivity index (χ0) is 99.1. The van der Waals surface area contributed by atoms with E-state index in [1.165, 1.54) is 231 Å². The van der Waals surface area contributed by atoms with E-state index in [1.807, 2.05) is 0 Å². The minimum atomic E-state index is 1.15. The van der Waals surface area contributed by atoms with Gasteiger partial charge in [0.25, 0.3) is 0 Å². The second-order valence-electron chi connectivity index (χ2n) is 38.8. The fourth-order valence-electron chi connectivity index (χ4n) is 23.8. The second-order valence-corrected chi connectivity index (χ2v) is 38.8. The molecule has 30 aromatic rings. The molecule has 6 nitrogen and oxygen atoms in total. The van der Waals surface area contributed by atoms with Crippen molar-refractivity contribution in [3.63, 3.8) is 0 Å². The van der Waals surface area contributed by atoms with Gasteiger partial charge in [0.15, 0.2) is 0 Å². The normalized spacial score (nSPS) is 11.6. The van der Waals surface area contributed by atoms with Crippen LogP contribution in [0, 0.1) is 0 Å². The molecule has 0 unspecified atom stereocenters. The summed E-state index contributed by atoms with van der Waals surface area (Å²) in [6.45, 7) is 0. The van der Waals surface area contributed by atoms with Crippen molar-refractivity contribution in [1.29, 1.82) is 0 Å². The molecule has 24 aromatic carbocycles. The lowest BCUT2D eigenvalue weighted by atomic mass is 9.92. The predicted octanol–water partition coefficient (Wildman–Crippen LogP) is 38.6. The van der Waals surface area contributed by atoms with Gasteiger partial charge in [0, 0.05) is 104 Å². The molecule has 0 aliphatic heterocycles. The summed E-state index contributed by atoms with van der Waals surface area (Å²) in [7, 11) is 0. The topological polar surface area (TPSA) is 29.6 Å². The number of hydrogen-bond donors (Lipinski definition) is 0. The summed E-state index contributed by atoms with van der Waals surface area (Å²) in [5.74, 6) is 0. The zero-order valence-corrected chi connectivity index (χ0v) is 82.1. The molecule has 0 fully saturated rings. The Bertz CT molecular complexity index is 10200. The Kier molecular flexibility index (Phi) is 21.9. The van der Waals surface area contributed by atoms with Crippen molar-refractivity contribution in [3.8, 4) is 134 Å². The number of nitrogens with zero attached hydrogens (tertiary/aromatic N) is 6. The molecule has 150 heavy (non-hydrogen) atoms. The highest BCUT2D eigenvalue weighted by Crippen LogP contribution is 2.49. The first-order chi connectivity index (χ1) is 74.5. The molecule has 30 rings (SSSR count). The fourth-order valence-corrected chi connectivity index (χ4v) is 23.8. The van der Waals surface area contributed by atoms with Crippen LogP contribution in [0.1, 0.15) is 0 Å². The first kappa shape index (κ1) is 87.8. The van der Waals surface area contributed by atoms with Crippen molar-refractivity contribution in [2.45, 2.75) is 0 Å². The lowest BCUT2D eigenvalue weighted by Gasteiger charge is -2.19. The minimum absolute atomic E-state index is 1.15. The third-order valence-corrected chi connectivity index (χ3v) is 30.4. The largest absolute Gasteiger partial charge is 0.309 e. The predicted molar refractivity (Wildman–Crippen MR) is 634 cm³/mol. The lowest BCUT2D eigenvalue weighted by Crippen LogP contribution is -2.00. The average Bonchev–Trinajstić information content (AvgIpc) is 1.58. The van der Waals surface area contributed by atoms with E-state index >= 15 is 0 Å². The van der Waals surface area contributed by atoms with Crippen LogP contribution in [0.3, 0.4) is 0 Å². The van der Waals surface area contributed by atoms with E-state index in [-0.39, 0.29) is 0 Å². The molecular formula is C144H96N6. The van der Waals surface area contributed by atoms with Crippen molar-refractivity contribution < 1.29 is 0 Å². The third kappa shape index (κ3) is 15.1. The molecule has 0 spiro atoms. The summed E-state index contributed by atoms with van der Waals surface area (Å²) < 4.78 is 14.5. The van der Waals surface area contributed by atoms with Crippen LogP contribution in [-0.2, 0) is 0 Å². The first-order valence-electron chi connectivity index (χ1n) is 51.6. The summed E-state index contributed by atoms with van der Waals surface area (Å²) in [4.78, 5) is 0. The minimum Gasteiger partial charge on any atom is -0.309 e. The van der Waals surface area contributed by atoms with Crippen LogP contribution < -0.4 is 0 Å². The molecule has 0 saturated carbocycles. The van der Waals surface area contributed by atoms with Crippen LogP contribution in [0.4, 0.5) is 0 Å². The third-order valence-electron chi connectivity index (χ3n) is 30.4. The summed E-state index contributed by atoms with van der Waals surface area (Å²) >= 11 is 0. The van der Waals surface area contributed by atoms with Gasteiger partial charge in [-0.3, -0.25) is 0 Å². The Hall–Kier alpha value is -19.9. The van der Waals surface area contributed by atoms with E-state index in [2.05, 4.69) is 610 Å². The fraction of sp³-hybridized carbons (Fsp3) is 0. The molecule has 0 saturated heterocycles. The van der Waals surface area contributed by atoms with E-state index < -0.39 is 0 Å². The highest BCUT2D eigenvalue weighted by Gasteiger charge is 2.27. The van der Waals surface area contributed by atoms with Crippen molar-refractivity contribution in [2.75, 3.05) is 0 Å². The summed E-state index contributed by atoms with van der Waals surface area (Å²) in [5.41, 5.74) is 43.2. The quantitative estimate of drug-likeness (QED) is 0.0979.